The van der Waals surface area contributed by atoms with E-state index in [2.05, 4.69) is 56.2 Å². The summed E-state index contributed by atoms with van der Waals surface area (Å²) >= 11 is 1.58. The van der Waals surface area contributed by atoms with E-state index >= 15 is 0 Å². The van der Waals surface area contributed by atoms with Crippen LogP contribution in [0, 0.1) is 0 Å². The summed E-state index contributed by atoms with van der Waals surface area (Å²) in [6, 6.07) is 14.3. The predicted octanol–water partition coefficient (Wildman–Crippen LogP) is 2.41. The van der Waals surface area contributed by atoms with Crippen molar-refractivity contribution < 1.29 is 4.79 Å². The summed E-state index contributed by atoms with van der Waals surface area (Å²) in [5, 5.41) is 10.1. The van der Waals surface area contributed by atoms with Gasteiger partial charge in [0.15, 0.2) is 11.6 Å². The number of anilines is 2. The van der Waals surface area contributed by atoms with Gasteiger partial charge in [-0.05, 0) is 36.7 Å². The highest BCUT2D eigenvalue weighted by Gasteiger charge is 2.24. The molecule has 0 N–H and O–H groups in total. The number of hydrogen-bond donors (Lipinski definition) is 0. The van der Waals surface area contributed by atoms with Gasteiger partial charge in [0.25, 0.3) is 5.91 Å². The van der Waals surface area contributed by atoms with E-state index in [9.17, 15) is 4.79 Å². The average Bonchev–Trinajstić information content (AvgIpc) is 3.24. The van der Waals surface area contributed by atoms with Gasteiger partial charge in [-0.1, -0.05) is 18.2 Å². The molecule has 30 heavy (non-hydrogen) atoms. The number of piperazine rings is 2. The lowest BCUT2D eigenvalue weighted by Gasteiger charge is -2.35. The number of carbonyl (C=O) groups is 1. The zero-order valence-corrected chi connectivity index (χ0v) is 18.0. The summed E-state index contributed by atoms with van der Waals surface area (Å²) in [7, 11) is 2.15. The fourth-order valence-corrected chi connectivity index (χ4v) is 5.10. The Morgan fingerprint density at radius 1 is 0.833 bits per heavy atom. The van der Waals surface area contributed by atoms with Gasteiger partial charge in [-0.3, -0.25) is 4.79 Å². The number of aromatic nitrogens is 2. The average molecular weight is 423 g/mol. The Hall–Kier alpha value is -2.71. The van der Waals surface area contributed by atoms with Crippen LogP contribution in [0.4, 0.5) is 11.6 Å². The van der Waals surface area contributed by atoms with Crippen molar-refractivity contribution in [2.75, 3.05) is 69.2 Å². The molecule has 2 saturated heterocycles. The second kappa shape index (κ2) is 8.20. The van der Waals surface area contributed by atoms with E-state index in [0.717, 1.165) is 65.9 Å². The molecule has 2 aliphatic heterocycles. The van der Waals surface area contributed by atoms with Crippen LogP contribution in [0.1, 0.15) is 9.67 Å². The van der Waals surface area contributed by atoms with Crippen LogP contribution in [-0.2, 0) is 0 Å². The standard InChI is InChI=1S/C22H26N6OS/c1-25-8-10-26(11-9-25)20-6-7-21(24-23-20)27-12-14-28(15-13-27)22(29)19-16-17-4-2-3-5-18(17)30-19/h2-7,16H,8-15H2,1H3. The molecule has 0 saturated carbocycles. The Bertz CT molecular complexity index is 987. The van der Waals surface area contributed by atoms with Crippen LogP contribution in [0.5, 0.6) is 0 Å². The molecule has 5 rings (SSSR count). The van der Waals surface area contributed by atoms with Crippen molar-refractivity contribution in [3.63, 3.8) is 0 Å². The van der Waals surface area contributed by atoms with E-state index in [1.54, 1.807) is 11.3 Å². The van der Waals surface area contributed by atoms with Crippen LogP contribution in [0.15, 0.2) is 42.5 Å². The fourth-order valence-electron chi connectivity index (χ4n) is 4.07. The van der Waals surface area contributed by atoms with Crippen LogP contribution in [0.2, 0.25) is 0 Å². The lowest BCUT2D eigenvalue weighted by Crippen LogP contribution is -2.49. The molecule has 0 unspecified atom stereocenters. The van der Waals surface area contributed by atoms with Crippen molar-refractivity contribution >= 4 is 39.0 Å². The summed E-state index contributed by atoms with van der Waals surface area (Å²) < 4.78 is 1.16. The van der Waals surface area contributed by atoms with Gasteiger partial charge < -0.3 is 19.6 Å². The van der Waals surface area contributed by atoms with E-state index in [1.165, 1.54) is 0 Å². The van der Waals surface area contributed by atoms with E-state index in [4.69, 9.17) is 0 Å². The van der Waals surface area contributed by atoms with E-state index in [1.807, 2.05) is 23.1 Å². The summed E-state index contributed by atoms with van der Waals surface area (Å²) in [5.74, 6) is 1.97. The van der Waals surface area contributed by atoms with Gasteiger partial charge in [-0.25, -0.2) is 0 Å². The maximum atomic E-state index is 12.9. The number of likely N-dealkylation sites (N-methyl/N-ethyl adjacent to an activating group) is 1. The van der Waals surface area contributed by atoms with Crippen molar-refractivity contribution in [2.24, 2.45) is 0 Å². The number of amides is 1. The Kier molecular flexibility index (Phi) is 5.26. The molecule has 0 aliphatic carbocycles. The highest BCUT2D eigenvalue weighted by molar-refractivity contribution is 7.20. The van der Waals surface area contributed by atoms with Crippen molar-refractivity contribution in [3.8, 4) is 0 Å². The first-order valence-electron chi connectivity index (χ1n) is 10.5. The number of rotatable bonds is 3. The molecule has 0 bridgehead atoms. The monoisotopic (exact) mass is 422 g/mol. The molecule has 2 aromatic heterocycles. The lowest BCUT2D eigenvalue weighted by molar-refractivity contribution is 0.0751. The molecule has 2 aliphatic rings. The predicted molar refractivity (Wildman–Crippen MR) is 122 cm³/mol. The van der Waals surface area contributed by atoms with Gasteiger partial charge in [0.2, 0.25) is 0 Å². The first kappa shape index (κ1) is 19.3. The van der Waals surface area contributed by atoms with Crippen LogP contribution in [0.25, 0.3) is 10.1 Å². The van der Waals surface area contributed by atoms with E-state index < -0.39 is 0 Å². The van der Waals surface area contributed by atoms with Gasteiger partial charge in [-0.15, -0.1) is 21.5 Å². The number of carbonyl (C=O) groups excluding carboxylic acids is 1. The Balaban J connectivity index is 1.20. The summed E-state index contributed by atoms with van der Waals surface area (Å²) in [6.45, 7) is 7.05. The summed E-state index contributed by atoms with van der Waals surface area (Å²) in [6.07, 6.45) is 0. The normalized spacial score (nSPS) is 18.2. The first-order valence-corrected chi connectivity index (χ1v) is 11.3. The molecule has 156 valence electrons. The minimum atomic E-state index is 0.132. The summed E-state index contributed by atoms with van der Waals surface area (Å²) in [4.78, 5) is 22.5. The molecule has 1 amide bonds. The Morgan fingerprint density at radius 2 is 1.43 bits per heavy atom. The third kappa shape index (κ3) is 3.85. The fraction of sp³-hybridized carbons (Fsp3) is 0.409. The molecule has 8 heteroatoms. The van der Waals surface area contributed by atoms with Crippen LogP contribution >= 0.6 is 11.3 Å². The third-order valence-electron chi connectivity index (χ3n) is 5.99. The highest BCUT2D eigenvalue weighted by atomic mass is 32.1. The van der Waals surface area contributed by atoms with Crippen molar-refractivity contribution in [1.82, 2.24) is 20.0 Å². The quantitative estimate of drug-likeness (QED) is 0.646. The van der Waals surface area contributed by atoms with E-state index in [-0.39, 0.29) is 5.91 Å². The molecule has 0 radical (unpaired) electrons. The second-order valence-corrected chi connectivity index (χ2v) is 9.05. The molecule has 2 fully saturated rings. The van der Waals surface area contributed by atoms with Crippen LogP contribution in [0.3, 0.4) is 0 Å². The first-order chi connectivity index (χ1) is 14.7. The SMILES string of the molecule is CN1CCN(c2ccc(N3CCN(C(=O)c4cc5ccccc5s4)CC3)nn2)CC1. The molecular weight excluding hydrogens is 396 g/mol. The second-order valence-electron chi connectivity index (χ2n) is 7.97. The Labute approximate surface area is 180 Å². The number of benzene rings is 1. The van der Waals surface area contributed by atoms with Gasteiger partial charge in [0.05, 0.1) is 4.88 Å². The minimum absolute atomic E-state index is 0.132. The number of nitrogens with zero attached hydrogens (tertiary/aromatic N) is 6. The number of thiophene rings is 1. The van der Waals surface area contributed by atoms with Crippen molar-refractivity contribution in [3.05, 3.63) is 47.3 Å². The van der Waals surface area contributed by atoms with Crippen LogP contribution < -0.4 is 9.80 Å². The maximum Gasteiger partial charge on any atom is 0.264 e. The number of fused-ring (bicyclic) bond motifs is 1. The van der Waals surface area contributed by atoms with Gasteiger partial charge in [0.1, 0.15) is 0 Å². The smallest absolute Gasteiger partial charge is 0.264 e. The van der Waals surface area contributed by atoms with E-state index in [0.29, 0.717) is 13.1 Å². The zero-order valence-electron chi connectivity index (χ0n) is 17.2. The maximum absolute atomic E-state index is 12.9. The van der Waals surface area contributed by atoms with Crippen molar-refractivity contribution in [1.29, 1.82) is 0 Å². The molecule has 1 aromatic carbocycles. The van der Waals surface area contributed by atoms with Crippen LogP contribution in [-0.4, -0.2) is 85.3 Å². The van der Waals surface area contributed by atoms with Gasteiger partial charge in [-0.2, -0.15) is 0 Å². The number of hydrogen-bond acceptors (Lipinski definition) is 7. The Morgan fingerprint density at radius 3 is 2.03 bits per heavy atom. The highest BCUT2D eigenvalue weighted by Crippen LogP contribution is 2.27. The molecule has 0 spiro atoms. The van der Waals surface area contributed by atoms with Gasteiger partial charge in [0, 0.05) is 57.1 Å². The zero-order chi connectivity index (χ0) is 20.5. The molecule has 0 atom stereocenters. The van der Waals surface area contributed by atoms with Crippen molar-refractivity contribution in [2.45, 2.75) is 0 Å². The third-order valence-corrected chi connectivity index (χ3v) is 7.09. The lowest BCUT2D eigenvalue weighted by atomic mass is 10.2. The largest absolute Gasteiger partial charge is 0.353 e. The molecular formula is C22H26N6OS. The topological polar surface area (TPSA) is 55.8 Å². The van der Waals surface area contributed by atoms with Gasteiger partial charge >= 0.3 is 0 Å². The molecule has 7 nitrogen and oxygen atoms in total. The molecule has 3 aromatic rings. The molecule has 4 heterocycles. The summed E-state index contributed by atoms with van der Waals surface area (Å²) in [5.41, 5.74) is 0. The minimum Gasteiger partial charge on any atom is -0.353 e.